The third kappa shape index (κ3) is 5.06. The van der Waals surface area contributed by atoms with Crippen LogP contribution in [0.25, 0.3) is 0 Å². The lowest BCUT2D eigenvalue weighted by molar-refractivity contribution is -0.293. The Bertz CT molecular complexity index is 396. The summed E-state index contributed by atoms with van der Waals surface area (Å²) < 4.78 is 26.9. The molecule has 0 aromatic carbocycles. The van der Waals surface area contributed by atoms with Crippen molar-refractivity contribution in [2.24, 2.45) is 0 Å². The first-order valence-electron chi connectivity index (χ1n) is 6.56. The molecule has 22 heavy (non-hydrogen) atoms. The topological polar surface area (TPSA) is 97.4 Å². The second-order valence-electron chi connectivity index (χ2n) is 4.66. The van der Waals surface area contributed by atoms with Crippen LogP contribution >= 0.6 is 22.6 Å². The summed E-state index contributed by atoms with van der Waals surface area (Å²) in [4.78, 5) is 34.0. The molecule has 0 unspecified atom stereocenters. The molecule has 0 saturated carbocycles. The molecule has 1 heterocycles. The Morgan fingerprint density at radius 1 is 0.909 bits per heavy atom. The van der Waals surface area contributed by atoms with Gasteiger partial charge in [0.05, 0.1) is 0 Å². The lowest BCUT2D eigenvalue weighted by Gasteiger charge is -2.43. The molecule has 1 aliphatic heterocycles. The summed E-state index contributed by atoms with van der Waals surface area (Å²) in [5.41, 5.74) is 0. The summed E-state index contributed by atoms with van der Waals surface area (Å²) in [6.45, 7) is 3.66. The van der Waals surface area contributed by atoms with E-state index >= 15 is 0 Å². The van der Waals surface area contributed by atoms with E-state index < -0.39 is 48.6 Å². The SMILES string of the molecule is CO[C@H]1O[C@H](CI)[C@@H](OC(C)=O)[C@H](OC(C)=O)[C@@H]1OC(C)=O. The molecule has 0 radical (unpaired) electrons. The van der Waals surface area contributed by atoms with E-state index in [9.17, 15) is 14.4 Å². The van der Waals surface area contributed by atoms with Crippen LogP contribution in [0.15, 0.2) is 0 Å². The molecule has 1 rings (SSSR count). The molecule has 0 aliphatic carbocycles. The highest BCUT2D eigenvalue weighted by molar-refractivity contribution is 14.1. The monoisotopic (exact) mass is 430 g/mol. The fraction of sp³-hybridized carbons (Fsp3) is 0.769. The third-order valence-electron chi connectivity index (χ3n) is 2.88. The van der Waals surface area contributed by atoms with Gasteiger partial charge in [0.15, 0.2) is 24.6 Å². The number of alkyl halides is 1. The van der Waals surface area contributed by atoms with Gasteiger partial charge >= 0.3 is 17.9 Å². The summed E-state index contributed by atoms with van der Waals surface area (Å²) in [5.74, 6) is -1.75. The summed E-state index contributed by atoms with van der Waals surface area (Å²) in [6, 6.07) is 0. The van der Waals surface area contributed by atoms with Crippen molar-refractivity contribution in [3.05, 3.63) is 0 Å². The van der Waals surface area contributed by atoms with Gasteiger partial charge < -0.3 is 23.7 Å². The van der Waals surface area contributed by atoms with Crippen LogP contribution in [-0.2, 0) is 38.1 Å². The predicted molar refractivity (Wildman–Crippen MR) is 81.2 cm³/mol. The van der Waals surface area contributed by atoms with Gasteiger partial charge in [0.25, 0.3) is 0 Å². The van der Waals surface area contributed by atoms with Gasteiger partial charge in [-0.15, -0.1) is 0 Å². The van der Waals surface area contributed by atoms with E-state index in [4.69, 9.17) is 23.7 Å². The van der Waals surface area contributed by atoms with E-state index in [1.54, 1.807) is 0 Å². The number of halogens is 1. The van der Waals surface area contributed by atoms with Gasteiger partial charge in [-0.05, 0) is 0 Å². The average Bonchev–Trinajstić information content (AvgIpc) is 2.41. The van der Waals surface area contributed by atoms with Crippen LogP contribution in [-0.4, -0.2) is 60.2 Å². The molecule has 1 fully saturated rings. The van der Waals surface area contributed by atoms with Crippen LogP contribution in [0.5, 0.6) is 0 Å². The van der Waals surface area contributed by atoms with Crippen molar-refractivity contribution in [3.63, 3.8) is 0 Å². The number of methoxy groups -OCH3 is 1. The van der Waals surface area contributed by atoms with Crippen LogP contribution in [0, 0.1) is 0 Å². The van der Waals surface area contributed by atoms with Gasteiger partial charge in [0.2, 0.25) is 0 Å². The van der Waals surface area contributed by atoms with Gasteiger partial charge in [-0.1, -0.05) is 22.6 Å². The van der Waals surface area contributed by atoms with Crippen molar-refractivity contribution < 1.29 is 38.1 Å². The second kappa shape index (κ2) is 8.63. The van der Waals surface area contributed by atoms with Gasteiger partial charge in [-0.25, -0.2) is 0 Å². The van der Waals surface area contributed by atoms with Crippen molar-refractivity contribution in [2.75, 3.05) is 11.5 Å². The van der Waals surface area contributed by atoms with Gasteiger partial charge in [-0.3, -0.25) is 14.4 Å². The molecular weight excluding hydrogens is 411 g/mol. The number of ether oxygens (including phenoxy) is 5. The van der Waals surface area contributed by atoms with Crippen molar-refractivity contribution in [1.82, 2.24) is 0 Å². The number of rotatable bonds is 5. The molecule has 5 atom stereocenters. The molecule has 1 aliphatic rings. The first kappa shape index (κ1) is 19.1. The standard InChI is InChI=1S/C13H19IO8/c1-6(15)19-10-9(5-14)22-13(18-4)12(21-8(3)17)11(10)20-7(2)16/h9-13H,5H2,1-4H3/t9-,10-,11+,12+,13+/m1/s1. The minimum Gasteiger partial charge on any atom is -0.456 e. The fourth-order valence-electron chi connectivity index (χ4n) is 2.17. The van der Waals surface area contributed by atoms with Crippen molar-refractivity contribution in [2.45, 2.75) is 51.5 Å². The Balaban J connectivity index is 3.14. The van der Waals surface area contributed by atoms with Crippen LogP contribution in [0.3, 0.4) is 0 Å². The van der Waals surface area contributed by atoms with Crippen molar-refractivity contribution in [3.8, 4) is 0 Å². The number of hydrogen-bond donors (Lipinski definition) is 0. The Labute approximate surface area is 141 Å². The zero-order valence-electron chi connectivity index (χ0n) is 12.7. The number of hydrogen-bond acceptors (Lipinski definition) is 8. The minimum absolute atomic E-state index is 0.458. The number of carbonyl (C=O) groups excluding carboxylic acids is 3. The maximum absolute atomic E-state index is 11.4. The van der Waals surface area contributed by atoms with Gasteiger partial charge in [0, 0.05) is 32.3 Å². The Hall–Kier alpha value is -0.940. The summed E-state index contributed by atoms with van der Waals surface area (Å²) in [5, 5.41) is 0. The van der Waals surface area contributed by atoms with E-state index in [0.717, 1.165) is 0 Å². The Kier molecular flexibility index (Phi) is 7.49. The highest BCUT2D eigenvalue weighted by Crippen LogP contribution is 2.30. The zero-order valence-corrected chi connectivity index (χ0v) is 14.9. The summed E-state index contributed by atoms with van der Waals surface area (Å²) in [7, 11) is 1.38. The normalized spacial score (nSPS) is 31.2. The smallest absolute Gasteiger partial charge is 0.303 e. The summed E-state index contributed by atoms with van der Waals surface area (Å²) >= 11 is 2.05. The molecule has 9 heteroatoms. The minimum atomic E-state index is -1.03. The first-order chi connectivity index (χ1) is 10.3. The van der Waals surface area contributed by atoms with Crippen molar-refractivity contribution >= 4 is 40.5 Å². The Morgan fingerprint density at radius 3 is 1.77 bits per heavy atom. The molecule has 0 N–H and O–H groups in total. The van der Waals surface area contributed by atoms with Crippen LogP contribution in [0.1, 0.15) is 20.8 Å². The second-order valence-corrected chi connectivity index (χ2v) is 5.54. The quantitative estimate of drug-likeness (QED) is 0.271. The molecule has 0 bridgehead atoms. The average molecular weight is 430 g/mol. The maximum atomic E-state index is 11.4. The molecule has 1 saturated heterocycles. The fourth-order valence-corrected chi connectivity index (χ4v) is 2.88. The lowest BCUT2D eigenvalue weighted by Crippen LogP contribution is -2.62. The van der Waals surface area contributed by atoms with Gasteiger partial charge in [0.1, 0.15) is 6.10 Å². The third-order valence-corrected chi connectivity index (χ3v) is 3.75. The van der Waals surface area contributed by atoms with Crippen LogP contribution in [0.2, 0.25) is 0 Å². The molecule has 8 nitrogen and oxygen atoms in total. The van der Waals surface area contributed by atoms with Crippen LogP contribution in [0.4, 0.5) is 0 Å². The van der Waals surface area contributed by atoms with Crippen LogP contribution < -0.4 is 0 Å². The predicted octanol–water partition coefficient (Wildman–Crippen LogP) is 0.588. The Morgan fingerprint density at radius 2 is 1.36 bits per heavy atom. The van der Waals surface area contributed by atoms with E-state index in [1.165, 1.54) is 27.9 Å². The largest absolute Gasteiger partial charge is 0.456 e. The van der Waals surface area contributed by atoms with E-state index in [1.807, 2.05) is 0 Å². The maximum Gasteiger partial charge on any atom is 0.303 e. The molecule has 0 spiro atoms. The van der Waals surface area contributed by atoms with E-state index in [0.29, 0.717) is 4.43 Å². The van der Waals surface area contributed by atoms with Crippen molar-refractivity contribution in [1.29, 1.82) is 0 Å². The lowest BCUT2D eigenvalue weighted by atomic mass is 9.99. The number of carbonyl (C=O) groups is 3. The first-order valence-corrected chi connectivity index (χ1v) is 8.08. The number of esters is 3. The summed E-state index contributed by atoms with van der Waals surface area (Å²) in [6.07, 6.45) is -4.43. The van der Waals surface area contributed by atoms with E-state index in [-0.39, 0.29) is 0 Å². The highest BCUT2D eigenvalue weighted by atomic mass is 127. The molecule has 0 aromatic heterocycles. The molecule has 0 amide bonds. The van der Waals surface area contributed by atoms with E-state index in [2.05, 4.69) is 22.6 Å². The molecular formula is C13H19IO8. The molecule has 126 valence electrons. The van der Waals surface area contributed by atoms with Gasteiger partial charge in [-0.2, -0.15) is 0 Å². The highest BCUT2D eigenvalue weighted by Gasteiger charge is 2.51. The zero-order chi connectivity index (χ0) is 16.9. The molecule has 0 aromatic rings.